The molecule has 104 valence electrons. The molecule has 0 radical (unpaired) electrons. The van der Waals surface area contributed by atoms with Crippen molar-refractivity contribution >= 4 is 27.5 Å². The summed E-state index contributed by atoms with van der Waals surface area (Å²) in [7, 11) is 1.71. The monoisotopic (exact) mass is 338 g/mol. The fourth-order valence-electron chi connectivity index (χ4n) is 1.93. The molecule has 0 N–H and O–H groups in total. The number of ketones is 2. The van der Waals surface area contributed by atoms with E-state index in [2.05, 4.69) is 21.0 Å². The lowest BCUT2D eigenvalue weighted by Crippen LogP contribution is -2.09. The van der Waals surface area contributed by atoms with E-state index in [-0.39, 0.29) is 18.0 Å². The Hall–Kier alpha value is -1.82. The number of nitrogens with zero attached hydrogens (tertiary/aromatic N) is 2. The van der Waals surface area contributed by atoms with E-state index in [1.54, 1.807) is 20.2 Å². The molecule has 0 spiro atoms. The van der Waals surface area contributed by atoms with Crippen molar-refractivity contribution in [3.8, 4) is 0 Å². The molecule has 6 heteroatoms. The summed E-state index contributed by atoms with van der Waals surface area (Å²) in [5, 5.41) is 4.07. The molecule has 0 unspecified atom stereocenters. The maximum Gasteiger partial charge on any atom is 0.174 e. The Morgan fingerprint density at radius 2 is 1.95 bits per heavy atom. The predicted molar refractivity (Wildman–Crippen MR) is 75.3 cm³/mol. The van der Waals surface area contributed by atoms with Gasteiger partial charge in [-0.15, -0.1) is 0 Å². The third kappa shape index (κ3) is 3.01. The SMILES string of the molecule is Cc1nn(C)cc1C(=O)CC(=O)c1ccc(F)cc1Br. The number of aromatic nitrogens is 2. The predicted octanol–water partition coefficient (Wildman–Crippen LogP) is 3.09. The minimum Gasteiger partial charge on any atom is -0.294 e. The van der Waals surface area contributed by atoms with E-state index in [1.165, 1.54) is 22.9 Å². The van der Waals surface area contributed by atoms with E-state index in [0.717, 1.165) is 0 Å². The molecule has 1 heterocycles. The highest BCUT2D eigenvalue weighted by atomic mass is 79.9. The lowest BCUT2D eigenvalue weighted by molar-refractivity contribution is 0.0893. The van der Waals surface area contributed by atoms with Crippen LogP contribution in [-0.4, -0.2) is 21.3 Å². The van der Waals surface area contributed by atoms with Crippen molar-refractivity contribution < 1.29 is 14.0 Å². The van der Waals surface area contributed by atoms with E-state index < -0.39 is 5.82 Å². The number of carbonyl (C=O) groups is 2. The van der Waals surface area contributed by atoms with Crippen LogP contribution in [-0.2, 0) is 7.05 Å². The minimum absolute atomic E-state index is 0.267. The quantitative estimate of drug-likeness (QED) is 0.635. The third-order valence-corrected chi connectivity index (χ3v) is 3.52. The first-order valence-electron chi connectivity index (χ1n) is 5.90. The van der Waals surface area contributed by atoms with Gasteiger partial charge in [-0.3, -0.25) is 14.3 Å². The van der Waals surface area contributed by atoms with Crippen molar-refractivity contribution in [3.63, 3.8) is 0 Å². The molecular weight excluding hydrogens is 327 g/mol. The van der Waals surface area contributed by atoms with Crippen molar-refractivity contribution in [2.75, 3.05) is 0 Å². The molecule has 0 bridgehead atoms. The van der Waals surface area contributed by atoms with Gasteiger partial charge in [-0.25, -0.2) is 4.39 Å². The van der Waals surface area contributed by atoms with E-state index >= 15 is 0 Å². The average molecular weight is 339 g/mol. The Kier molecular flexibility index (Phi) is 4.13. The molecule has 0 aliphatic carbocycles. The summed E-state index contributed by atoms with van der Waals surface area (Å²) in [6, 6.07) is 3.76. The van der Waals surface area contributed by atoms with Gasteiger partial charge < -0.3 is 0 Å². The molecule has 0 saturated carbocycles. The van der Waals surface area contributed by atoms with E-state index in [4.69, 9.17) is 0 Å². The van der Waals surface area contributed by atoms with Gasteiger partial charge in [0.25, 0.3) is 0 Å². The summed E-state index contributed by atoms with van der Waals surface area (Å²) < 4.78 is 14.8. The lowest BCUT2D eigenvalue weighted by atomic mass is 10.0. The van der Waals surface area contributed by atoms with Crippen LogP contribution in [0, 0.1) is 12.7 Å². The van der Waals surface area contributed by atoms with Crippen molar-refractivity contribution in [3.05, 3.63) is 51.5 Å². The van der Waals surface area contributed by atoms with Gasteiger partial charge in [0.05, 0.1) is 17.7 Å². The first kappa shape index (κ1) is 14.6. The standard InChI is InChI=1S/C14H12BrFN2O2/c1-8-11(7-18(2)17-8)14(20)6-13(19)10-4-3-9(16)5-12(10)15/h3-5,7H,6H2,1-2H3. The highest BCUT2D eigenvalue weighted by Crippen LogP contribution is 2.20. The summed E-state index contributed by atoms with van der Waals surface area (Å²) in [6.45, 7) is 1.71. The first-order valence-corrected chi connectivity index (χ1v) is 6.69. The van der Waals surface area contributed by atoms with Crippen LogP contribution >= 0.6 is 15.9 Å². The van der Waals surface area contributed by atoms with E-state index in [1.807, 2.05) is 0 Å². The van der Waals surface area contributed by atoms with Crippen molar-refractivity contribution in [2.24, 2.45) is 7.05 Å². The van der Waals surface area contributed by atoms with Crippen LogP contribution in [0.3, 0.4) is 0 Å². The van der Waals surface area contributed by atoms with E-state index in [9.17, 15) is 14.0 Å². The Balaban J connectivity index is 2.19. The summed E-state index contributed by atoms with van der Waals surface area (Å²) in [5.41, 5.74) is 1.31. The van der Waals surface area contributed by atoms with Gasteiger partial charge in [-0.2, -0.15) is 5.10 Å². The maximum absolute atomic E-state index is 13.0. The number of carbonyl (C=O) groups excluding carboxylic acids is 2. The molecule has 0 amide bonds. The van der Waals surface area contributed by atoms with Gasteiger partial charge in [-0.05, 0) is 41.1 Å². The number of rotatable bonds is 4. The van der Waals surface area contributed by atoms with Crippen LogP contribution in [0.15, 0.2) is 28.9 Å². The van der Waals surface area contributed by atoms with Crippen molar-refractivity contribution in [2.45, 2.75) is 13.3 Å². The van der Waals surface area contributed by atoms with Gasteiger partial charge in [0, 0.05) is 23.3 Å². The zero-order valence-corrected chi connectivity index (χ0v) is 12.6. The molecule has 2 aromatic rings. The number of Topliss-reactive ketones (excluding diaryl/α,β-unsaturated/α-hetero) is 2. The number of aryl methyl sites for hydroxylation is 2. The smallest absolute Gasteiger partial charge is 0.174 e. The van der Waals surface area contributed by atoms with E-state index in [0.29, 0.717) is 21.3 Å². The summed E-state index contributed by atoms with van der Waals surface area (Å²) >= 11 is 3.12. The van der Waals surface area contributed by atoms with Gasteiger partial charge in [-0.1, -0.05) is 0 Å². The van der Waals surface area contributed by atoms with Gasteiger partial charge in [0.2, 0.25) is 0 Å². The summed E-state index contributed by atoms with van der Waals surface area (Å²) in [6.07, 6.45) is 1.32. The second-order valence-corrected chi connectivity index (χ2v) is 5.30. The number of hydrogen-bond acceptors (Lipinski definition) is 3. The molecule has 2 rings (SSSR count). The zero-order valence-electron chi connectivity index (χ0n) is 11.0. The van der Waals surface area contributed by atoms with Crippen LogP contribution in [0.2, 0.25) is 0 Å². The highest BCUT2D eigenvalue weighted by Gasteiger charge is 2.19. The molecule has 1 aromatic heterocycles. The number of halogens is 2. The second kappa shape index (κ2) is 5.66. The van der Waals surface area contributed by atoms with Gasteiger partial charge in [0.1, 0.15) is 5.82 Å². The second-order valence-electron chi connectivity index (χ2n) is 4.45. The van der Waals surface area contributed by atoms with Crippen LogP contribution in [0.25, 0.3) is 0 Å². The Morgan fingerprint density at radius 1 is 1.30 bits per heavy atom. The highest BCUT2D eigenvalue weighted by molar-refractivity contribution is 9.10. The van der Waals surface area contributed by atoms with Crippen molar-refractivity contribution in [1.82, 2.24) is 9.78 Å². The largest absolute Gasteiger partial charge is 0.294 e. The van der Waals surface area contributed by atoms with Crippen molar-refractivity contribution in [1.29, 1.82) is 0 Å². The first-order chi connectivity index (χ1) is 9.38. The van der Waals surface area contributed by atoms with Gasteiger partial charge in [0.15, 0.2) is 11.6 Å². The fourth-order valence-corrected chi connectivity index (χ4v) is 2.50. The zero-order chi connectivity index (χ0) is 14.9. The molecule has 0 atom stereocenters. The Labute approximate surface area is 123 Å². The molecule has 0 aliphatic heterocycles. The minimum atomic E-state index is -0.442. The Bertz CT molecular complexity index is 694. The normalized spacial score (nSPS) is 10.6. The fraction of sp³-hybridized carbons (Fsp3) is 0.214. The Morgan fingerprint density at radius 3 is 2.50 bits per heavy atom. The van der Waals surface area contributed by atoms with Crippen LogP contribution in [0.1, 0.15) is 32.8 Å². The molecule has 20 heavy (non-hydrogen) atoms. The molecule has 0 aliphatic rings. The van der Waals surface area contributed by atoms with Gasteiger partial charge >= 0.3 is 0 Å². The van der Waals surface area contributed by atoms with Crippen LogP contribution < -0.4 is 0 Å². The molecule has 0 fully saturated rings. The number of benzene rings is 1. The third-order valence-electron chi connectivity index (χ3n) is 2.87. The topological polar surface area (TPSA) is 52.0 Å². The summed E-state index contributed by atoms with van der Waals surface area (Å²) in [5.74, 6) is -1.09. The molecular formula is C14H12BrFN2O2. The molecule has 4 nitrogen and oxygen atoms in total. The maximum atomic E-state index is 13.0. The lowest BCUT2D eigenvalue weighted by Gasteiger charge is -2.03. The molecule has 0 saturated heterocycles. The number of hydrogen-bond donors (Lipinski definition) is 0. The van der Waals surface area contributed by atoms with Crippen LogP contribution in [0.4, 0.5) is 4.39 Å². The average Bonchev–Trinajstić information content (AvgIpc) is 2.68. The summed E-state index contributed by atoms with van der Waals surface area (Å²) in [4.78, 5) is 24.2. The van der Waals surface area contributed by atoms with Crippen LogP contribution in [0.5, 0.6) is 0 Å². The molecule has 1 aromatic carbocycles.